The standard InChI is InChI=1S/C23H19ClF3N3O5S/c1-11-15-18(31)30(23(2,3)20(24)32)22(33)29(19(15)36-16(11)17-28-7-9-34-17)8-6-12-10-13(25)4-5-14(12)35-21(26)27/h4-5,7,9-10,21H,6,8H2,1-3H3. The third-order valence-electron chi connectivity index (χ3n) is 5.72. The van der Waals surface area contributed by atoms with Crippen molar-refractivity contribution in [1.82, 2.24) is 14.1 Å². The highest BCUT2D eigenvalue weighted by Crippen LogP contribution is 2.36. The largest absolute Gasteiger partial charge is 0.444 e. The number of aryl methyl sites for hydroxylation is 3. The molecule has 8 nitrogen and oxygen atoms in total. The number of halogens is 4. The molecule has 0 aliphatic heterocycles. The molecule has 4 rings (SSSR count). The molecule has 13 heteroatoms. The van der Waals surface area contributed by atoms with E-state index in [1.54, 1.807) is 6.92 Å². The lowest BCUT2D eigenvalue weighted by Gasteiger charge is -2.24. The fraction of sp³-hybridized carbons (Fsp3) is 0.304. The van der Waals surface area contributed by atoms with E-state index in [2.05, 4.69) is 9.72 Å². The minimum atomic E-state index is -3.13. The number of ether oxygens (including phenoxy) is 1. The Morgan fingerprint density at radius 2 is 2.03 bits per heavy atom. The van der Waals surface area contributed by atoms with E-state index in [9.17, 15) is 27.6 Å². The summed E-state index contributed by atoms with van der Waals surface area (Å²) in [5.41, 5.74) is -2.73. The molecular formula is C23H19ClF3N3O5S. The first kappa shape index (κ1) is 25.7. The van der Waals surface area contributed by atoms with E-state index in [1.807, 2.05) is 0 Å². The van der Waals surface area contributed by atoms with Gasteiger partial charge in [0.05, 0.1) is 16.5 Å². The molecule has 0 amide bonds. The molecule has 0 spiro atoms. The number of nitrogens with zero attached hydrogens (tertiary/aromatic N) is 3. The number of hydrogen-bond donors (Lipinski definition) is 0. The van der Waals surface area contributed by atoms with Crippen molar-refractivity contribution < 1.29 is 27.1 Å². The predicted molar refractivity (Wildman–Crippen MR) is 127 cm³/mol. The molecule has 0 atom stereocenters. The number of alkyl halides is 2. The molecule has 0 aliphatic carbocycles. The van der Waals surface area contributed by atoms with Gasteiger partial charge >= 0.3 is 12.3 Å². The molecule has 36 heavy (non-hydrogen) atoms. The first-order chi connectivity index (χ1) is 16.9. The van der Waals surface area contributed by atoms with Gasteiger partial charge in [-0.05, 0) is 68.1 Å². The van der Waals surface area contributed by atoms with Gasteiger partial charge in [0.25, 0.3) is 5.56 Å². The van der Waals surface area contributed by atoms with Crippen LogP contribution in [0.2, 0.25) is 0 Å². The van der Waals surface area contributed by atoms with Crippen LogP contribution in [0.3, 0.4) is 0 Å². The molecular weight excluding hydrogens is 523 g/mol. The number of thiophene rings is 1. The van der Waals surface area contributed by atoms with E-state index in [1.165, 1.54) is 30.9 Å². The summed E-state index contributed by atoms with van der Waals surface area (Å²) in [4.78, 5) is 44.1. The Morgan fingerprint density at radius 3 is 2.64 bits per heavy atom. The topological polar surface area (TPSA) is 96.3 Å². The van der Waals surface area contributed by atoms with E-state index in [0.29, 0.717) is 10.4 Å². The van der Waals surface area contributed by atoms with E-state index in [4.69, 9.17) is 16.0 Å². The van der Waals surface area contributed by atoms with E-state index >= 15 is 0 Å². The van der Waals surface area contributed by atoms with Gasteiger partial charge in [-0.25, -0.2) is 18.7 Å². The molecule has 0 aliphatic rings. The van der Waals surface area contributed by atoms with Crippen LogP contribution in [0.25, 0.3) is 21.0 Å². The number of oxazole rings is 1. The molecule has 3 aromatic heterocycles. The normalized spacial score (nSPS) is 12.0. The molecule has 4 aromatic rings. The first-order valence-electron chi connectivity index (χ1n) is 10.6. The molecule has 1 aromatic carbocycles. The van der Waals surface area contributed by atoms with Crippen molar-refractivity contribution in [2.75, 3.05) is 0 Å². The smallest absolute Gasteiger partial charge is 0.387 e. The number of rotatable bonds is 8. The SMILES string of the molecule is Cc1c(-c2ncco2)sc2c1c(=O)n(C(C)(C)C(=O)Cl)c(=O)n2CCc1cc(F)ccc1OC(F)F. The van der Waals surface area contributed by atoms with Crippen LogP contribution < -0.4 is 16.0 Å². The highest BCUT2D eigenvalue weighted by molar-refractivity contribution is 7.22. The van der Waals surface area contributed by atoms with Gasteiger partial charge < -0.3 is 9.15 Å². The lowest BCUT2D eigenvalue weighted by molar-refractivity contribution is -0.118. The van der Waals surface area contributed by atoms with Gasteiger partial charge in [0.1, 0.15) is 28.2 Å². The predicted octanol–water partition coefficient (Wildman–Crippen LogP) is 4.67. The highest BCUT2D eigenvalue weighted by Gasteiger charge is 2.34. The van der Waals surface area contributed by atoms with Gasteiger partial charge in [-0.1, -0.05) is 0 Å². The summed E-state index contributed by atoms with van der Waals surface area (Å²) in [7, 11) is 0. The molecule has 0 saturated carbocycles. The fourth-order valence-electron chi connectivity index (χ4n) is 3.85. The minimum Gasteiger partial charge on any atom is -0.444 e. The van der Waals surface area contributed by atoms with Crippen molar-refractivity contribution in [2.24, 2.45) is 0 Å². The number of aromatic nitrogens is 3. The number of benzene rings is 1. The average molecular weight is 542 g/mol. The summed E-state index contributed by atoms with van der Waals surface area (Å²) in [5.74, 6) is -0.701. The van der Waals surface area contributed by atoms with Crippen LogP contribution in [-0.2, 0) is 23.3 Å². The Bertz CT molecular complexity index is 1570. The summed E-state index contributed by atoms with van der Waals surface area (Å²) >= 11 is 6.81. The second-order valence-corrected chi connectivity index (χ2v) is 9.70. The van der Waals surface area contributed by atoms with Gasteiger partial charge in [-0.2, -0.15) is 8.78 Å². The number of carbonyl (C=O) groups is 1. The molecule has 3 heterocycles. The zero-order valence-electron chi connectivity index (χ0n) is 19.2. The number of hydrogen-bond acceptors (Lipinski definition) is 7. The van der Waals surface area contributed by atoms with Crippen LogP contribution in [0.5, 0.6) is 5.75 Å². The Balaban J connectivity index is 1.95. The average Bonchev–Trinajstić information content (AvgIpc) is 3.43. The maximum absolute atomic E-state index is 13.9. The lowest BCUT2D eigenvalue weighted by Crippen LogP contribution is -2.51. The van der Waals surface area contributed by atoms with Gasteiger partial charge in [-0.3, -0.25) is 14.2 Å². The Kier molecular flexibility index (Phi) is 6.84. The minimum absolute atomic E-state index is 0.0852. The second kappa shape index (κ2) is 9.58. The van der Waals surface area contributed by atoms with E-state index < -0.39 is 34.5 Å². The maximum atomic E-state index is 13.9. The quantitative estimate of drug-likeness (QED) is 0.301. The monoisotopic (exact) mass is 541 g/mol. The molecule has 190 valence electrons. The van der Waals surface area contributed by atoms with Gasteiger partial charge in [0, 0.05) is 6.54 Å². The lowest BCUT2D eigenvalue weighted by atomic mass is 10.1. The van der Waals surface area contributed by atoms with Crippen molar-refractivity contribution in [3.05, 3.63) is 68.4 Å². The third-order valence-corrected chi connectivity index (χ3v) is 7.49. The van der Waals surface area contributed by atoms with Crippen LogP contribution in [0.4, 0.5) is 13.2 Å². The Labute approximate surface area is 210 Å². The first-order valence-corrected chi connectivity index (χ1v) is 11.8. The highest BCUT2D eigenvalue weighted by atomic mass is 35.5. The molecule has 0 unspecified atom stereocenters. The van der Waals surface area contributed by atoms with Crippen molar-refractivity contribution >= 4 is 38.4 Å². The summed E-state index contributed by atoms with van der Waals surface area (Å²) in [6, 6.07) is 3.08. The van der Waals surface area contributed by atoms with Crippen molar-refractivity contribution in [1.29, 1.82) is 0 Å². The zero-order valence-corrected chi connectivity index (χ0v) is 20.8. The Hall–Kier alpha value is -3.38. The van der Waals surface area contributed by atoms with Crippen LogP contribution in [-0.4, -0.2) is 26.0 Å². The van der Waals surface area contributed by atoms with E-state index in [0.717, 1.165) is 34.1 Å². The summed E-state index contributed by atoms with van der Waals surface area (Å²) in [6.07, 6.45) is 2.68. The van der Waals surface area contributed by atoms with Gasteiger partial charge in [0.15, 0.2) is 0 Å². The van der Waals surface area contributed by atoms with Gasteiger partial charge in [-0.15, -0.1) is 11.3 Å². The summed E-state index contributed by atoms with van der Waals surface area (Å²) in [6.45, 7) is 1.02. The summed E-state index contributed by atoms with van der Waals surface area (Å²) < 4.78 is 51.4. The van der Waals surface area contributed by atoms with Crippen molar-refractivity contribution in [3.8, 4) is 16.5 Å². The van der Waals surface area contributed by atoms with Crippen LogP contribution >= 0.6 is 22.9 Å². The van der Waals surface area contributed by atoms with Crippen LogP contribution in [0.1, 0.15) is 25.0 Å². The van der Waals surface area contributed by atoms with Crippen molar-refractivity contribution in [3.63, 3.8) is 0 Å². The summed E-state index contributed by atoms with van der Waals surface area (Å²) in [5, 5.41) is -0.798. The number of carbonyl (C=O) groups excluding carboxylic acids is 1. The maximum Gasteiger partial charge on any atom is 0.387 e. The van der Waals surface area contributed by atoms with Crippen molar-refractivity contribution in [2.45, 2.75) is 45.9 Å². The van der Waals surface area contributed by atoms with Crippen LogP contribution in [0, 0.1) is 12.7 Å². The Morgan fingerprint density at radius 1 is 1.31 bits per heavy atom. The molecule has 0 N–H and O–H groups in total. The van der Waals surface area contributed by atoms with E-state index in [-0.39, 0.29) is 40.4 Å². The fourth-order valence-corrected chi connectivity index (χ4v) is 5.19. The molecule has 0 fully saturated rings. The molecule has 0 radical (unpaired) electrons. The molecule has 0 saturated heterocycles. The third kappa shape index (κ3) is 4.46. The van der Waals surface area contributed by atoms with Gasteiger partial charge in [0.2, 0.25) is 11.1 Å². The van der Waals surface area contributed by atoms with Crippen LogP contribution in [0.15, 0.2) is 44.7 Å². The zero-order chi connectivity index (χ0) is 26.4. The molecule has 0 bridgehead atoms. The number of fused-ring (bicyclic) bond motifs is 1. The second-order valence-electron chi connectivity index (χ2n) is 8.36.